The van der Waals surface area contributed by atoms with Crippen molar-refractivity contribution >= 4 is 23.0 Å². The third-order valence-corrected chi connectivity index (χ3v) is 3.10. The van der Waals surface area contributed by atoms with Crippen molar-refractivity contribution in [2.75, 3.05) is 0 Å². The van der Waals surface area contributed by atoms with Crippen LogP contribution in [0.3, 0.4) is 0 Å². The summed E-state index contributed by atoms with van der Waals surface area (Å²) in [4.78, 5) is 28.0. The molecule has 0 aliphatic rings. The predicted octanol–water partition coefficient (Wildman–Crippen LogP) is 1.43. The molecule has 3 aromatic rings. The van der Waals surface area contributed by atoms with Gasteiger partial charge in [-0.15, -0.1) is 5.10 Å². The van der Waals surface area contributed by atoms with Crippen LogP contribution in [0, 0.1) is 0 Å². The van der Waals surface area contributed by atoms with E-state index in [1.165, 1.54) is 23.0 Å². The lowest BCUT2D eigenvalue weighted by Crippen LogP contribution is -2.25. The number of Topliss-reactive ketones (excluding diaryl/α,β-unsaturated/α-hetero) is 1. The highest BCUT2D eigenvalue weighted by atomic mass is 35.5. The molecule has 2 heterocycles. The first kappa shape index (κ1) is 12.6. The Morgan fingerprint density at radius 3 is 2.70 bits per heavy atom. The molecule has 0 spiro atoms. The van der Waals surface area contributed by atoms with Gasteiger partial charge in [0.25, 0.3) is 0 Å². The van der Waals surface area contributed by atoms with Crippen LogP contribution in [0.2, 0.25) is 5.02 Å². The Hall–Kier alpha value is -2.47. The Kier molecular flexibility index (Phi) is 3.08. The number of nitrogens with zero attached hydrogens (tertiary/aromatic N) is 4. The van der Waals surface area contributed by atoms with Gasteiger partial charge in [0.05, 0.1) is 6.20 Å². The number of hydrogen-bond donors (Lipinski definition) is 0. The van der Waals surface area contributed by atoms with E-state index >= 15 is 0 Å². The molecule has 0 aliphatic carbocycles. The van der Waals surface area contributed by atoms with Gasteiger partial charge < -0.3 is 0 Å². The second-order valence-electron chi connectivity index (χ2n) is 4.17. The van der Waals surface area contributed by atoms with Gasteiger partial charge in [-0.05, 0) is 24.3 Å². The third kappa shape index (κ3) is 2.21. The van der Waals surface area contributed by atoms with Crippen molar-refractivity contribution in [1.82, 2.24) is 19.2 Å². The van der Waals surface area contributed by atoms with Crippen molar-refractivity contribution in [1.29, 1.82) is 0 Å². The zero-order chi connectivity index (χ0) is 14.1. The summed E-state index contributed by atoms with van der Waals surface area (Å²) in [5, 5.41) is 4.61. The molecule has 0 aliphatic heterocycles. The Labute approximate surface area is 118 Å². The lowest BCUT2D eigenvalue weighted by molar-refractivity contribution is 0.0966. The smallest absolute Gasteiger partial charge is 0.292 e. The molecular formula is C13H9ClN4O2. The van der Waals surface area contributed by atoms with Crippen molar-refractivity contribution < 1.29 is 4.79 Å². The zero-order valence-corrected chi connectivity index (χ0v) is 11.0. The van der Waals surface area contributed by atoms with Crippen molar-refractivity contribution in [3.05, 3.63) is 63.9 Å². The second kappa shape index (κ2) is 4.90. The van der Waals surface area contributed by atoms with Crippen molar-refractivity contribution in [3.8, 4) is 0 Å². The van der Waals surface area contributed by atoms with Crippen LogP contribution in [-0.2, 0) is 6.54 Å². The van der Waals surface area contributed by atoms with Crippen LogP contribution in [0.25, 0.3) is 5.65 Å². The monoisotopic (exact) mass is 288 g/mol. The van der Waals surface area contributed by atoms with Gasteiger partial charge in [-0.2, -0.15) is 0 Å². The number of benzene rings is 1. The SMILES string of the molecule is O=C(Cn1nc2cnccn2c1=O)c1ccc(Cl)cc1. The van der Waals surface area contributed by atoms with Gasteiger partial charge in [0.1, 0.15) is 6.54 Å². The fourth-order valence-electron chi connectivity index (χ4n) is 1.85. The first-order chi connectivity index (χ1) is 9.65. The van der Waals surface area contributed by atoms with Gasteiger partial charge >= 0.3 is 5.69 Å². The summed E-state index contributed by atoms with van der Waals surface area (Å²) in [7, 11) is 0. The predicted molar refractivity (Wildman–Crippen MR) is 73.0 cm³/mol. The minimum Gasteiger partial charge on any atom is -0.292 e. The van der Waals surface area contributed by atoms with E-state index in [4.69, 9.17) is 11.6 Å². The van der Waals surface area contributed by atoms with E-state index in [1.807, 2.05) is 0 Å². The van der Waals surface area contributed by atoms with Crippen LogP contribution in [0.15, 0.2) is 47.7 Å². The molecule has 0 N–H and O–H groups in total. The van der Waals surface area contributed by atoms with E-state index in [9.17, 15) is 9.59 Å². The van der Waals surface area contributed by atoms with Gasteiger partial charge in [0, 0.05) is 23.0 Å². The van der Waals surface area contributed by atoms with Crippen LogP contribution in [-0.4, -0.2) is 24.9 Å². The molecular weight excluding hydrogens is 280 g/mol. The van der Waals surface area contributed by atoms with Crippen molar-refractivity contribution in [2.45, 2.75) is 6.54 Å². The summed E-state index contributed by atoms with van der Waals surface area (Å²) >= 11 is 5.77. The van der Waals surface area contributed by atoms with E-state index in [1.54, 1.807) is 24.3 Å². The number of rotatable bonds is 3. The van der Waals surface area contributed by atoms with Gasteiger partial charge in [0.2, 0.25) is 0 Å². The molecule has 20 heavy (non-hydrogen) atoms. The molecule has 0 unspecified atom stereocenters. The molecule has 0 radical (unpaired) electrons. The van der Waals surface area contributed by atoms with Crippen LogP contribution in [0.1, 0.15) is 10.4 Å². The Balaban J connectivity index is 1.93. The fraction of sp³-hybridized carbons (Fsp3) is 0.0769. The maximum absolute atomic E-state index is 12.1. The number of aromatic nitrogens is 4. The minimum absolute atomic E-state index is 0.123. The molecule has 7 heteroatoms. The van der Waals surface area contributed by atoms with Crippen molar-refractivity contribution in [3.63, 3.8) is 0 Å². The highest BCUT2D eigenvalue weighted by Crippen LogP contribution is 2.10. The Bertz CT molecular complexity index is 835. The molecule has 100 valence electrons. The maximum atomic E-state index is 12.1. The van der Waals surface area contributed by atoms with E-state index in [-0.39, 0.29) is 18.0 Å². The average Bonchev–Trinajstić information content (AvgIpc) is 2.77. The second-order valence-corrected chi connectivity index (χ2v) is 4.61. The Morgan fingerprint density at radius 1 is 1.25 bits per heavy atom. The summed E-state index contributed by atoms with van der Waals surface area (Å²) in [5.41, 5.74) is 0.516. The molecule has 0 bridgehead atoms. The van der Waals surface area contributed by atoms with E-state index < -0.39 is 0 Å². The van der Waals surface area contributed by atoms with Crippen LogP contribution in [0.4, 0.5) is 0 Å². The highest BCUT2D eigenvalue weighted by Gasteiger charge is 2.12. The molecule has 0 fully saturated rings. The maximum Gasteiger partial charge on any atom is 0.350 e. The third-order valence-electron chi connectivity index (χ3n) is 2.85. The summed E-state index contributed by atoms with van der Waals surface area (Å²) in [6, 6.07) is 6.50. The summed E-state index contributed by atoms with van der Waals surface area (Å²) in [6.07, 6.45) is 4.46. The largest absolute Gasteiger partial charge is 0.350 e. The first-order valence-electron chi connectivity index (χ1n) is 5.83. The van der Waals surface area contributed by atoms with E-state index in [2.05, 4.69) is 10.1 Å². The number of carbonyl (C=O) groups excluding carboxylic acids is 1. The number of fused-ring (bicyclic) bond motifs is 1. The van der Waals surface area contributed by atoms with Gasteiger partial charge in [-0.1, -0.05) is 11.6 Å². The first-order valence-corrected chi connectivity index (χ1v) is 6.21. The molecule has 3 rings (SSSR count). The van der Waals surface area contributed by atoms with Gasteiger partial charge in [-0.3, -0.25) is 9.78 Å². The molecule has 1 aromatic carbocycles. The number of hydrogen-bond acceptors (Lipinski definition) is 4. The molecule has 2 aromatic heterocycles. The molecule has 0 saturated heterocycles. The average molecular weight is 289 g/mol. The van der Waals surface area contributed by atoms with Crippen LogP contribution in [0.5, 0.6) is 0 Å². The van der Waals surface area contributed by atoms with Gasteiger partial charge in [0.15, 0.2) is 11.4 Å². The summed E-state index contributed by atoms with van der Waals surface area (Å²) < 4.78 is 2.45. The summed E-state index contributed by atoms with van der Waals surface area (Å²) in [5.74, 6) is -0.208. The molecule has 0 saturated carbocycles. The minimum atomic E-state index is -0.371. The fourth-order valence-corrected chi connectivity index (χ4v) is 1.97. The standard InChI is InChI=1S/C13H9ClN4O2/c14-10-3-1-9(2-4-10)11(19)8-18-13(20)17-6-5-15-7-12(17)16-18/h1-7H,8H2. The van der Waals surface area contributed by atoms with Crippen LogP contribution >= 0.6 is 11.6 Å². The zero-order valence-electron chi connectivity index (χ0n) is 10.2. The number of ketones is 1. The topological polar surface area (TPSA) is 69.3 Å². The van der Waals surface area contributed by atoms with E-state index in [0.29, 0.717) is 16.2 Å². The summed E-state index contributed by atoms with van der Waals surface area (Å²) in [6.45, 7) is -0.123. The molecule has 0 atom stereocenters. The molecule has 6 nitrogen and oxygen atoms in total. The number of halogens is 1. The van der Waals surface area contributed by atoms with Crippen LogP contribution < -0.4 is 5.69 Å². The molecule has 0 amide bonds. The van der Waals surface area contributed by atoms with E-state index in [0.717, 1.165) is 4.68 Å². The number of carbonyl (C=O) groups is 1. The highest BCUT2D eigenvalue weighted by molar-refractivity contribution is 6.30. The van der Waals surface area contributed by atoms with Crippen molar-refractivity contribution in [2.24, 2.45) is 0 Å². The quantitative estimate of drug-likeness (QED) is 0.684. The lowest BCUT2D eigenvalue weighted by Gasteiger charge is -2.00. The van der Waals surface area contributed by atoms with Gasteiger partial charge in [-0.25, -0.2) is 13.9 Å². The Morgan fingerprint density at radius 2 is 2.00 bits per heavy atom. The normalized spacial score (nSPS) is 10.8. The lowest BCUT2D eigenvalue weighted by atomic mass is 10.1.